The number of anilines is 1. The summed E-state index contributed by atoms with van der Waals surface area (Å²) in [5.74, 6) is -0.126. The Kier molecular flexibility index (Phi) is 4.57. The van der Waals surface area contributed by atoms with Crippen molar-refractivity contribution in [3.8, 4) is 0 Å². The van der Waals surface area contributed by atoms with Gasteiger partial charge in [0.25, 0.3) is 5.91 Å². The van der Waals surface area contributed by atoms with Gasteiger partial charge in [-0.25, -0.2) is 0 Å². The van der Waals surface area contributed by atoms with Gasteiger partial charge in [0.2, 0.25) is 0 Å². The Hall–Kier alpha value is -1.37. The largest absolute Gasteiger partial charge is 0.321 e. The van der Waals surface area contributed by atoms with Crippen LogP contribution in [0.15, 0.2) is 30.3 Å². The molecule has 0 unspecified atom stereocenters. The minimum Gasteiger partial charge on any atom is -0.321 e. The quantitative estimate of drug-likeness (QED) is 0.842. The number of amides is 1. The molecule has 1 aromatic carbocycles. The van der Waals surface area contributed by atoms with Gasteiger partial charge in [0.05, 0.1) is 5.69 Å². The standard InChI is InChI=1S/C14H16IN3O/c1-3-4-12-9-13(18(2)17-12)14(19)16-11-7-5-10(15)6-8-11/h5-9H,3-4H2,1-2H3,(H,16,19). The molecule has 2 aromatic rings. The van der Waals surface area contributed by atoms with Gasteiger partial charge in [-0.3, -0.25) is 9.48 Å². The maximum atomic E-state index is 12.2. The lowest BCUT2D eigenvalue weighted by atomic mass is 10.2. The van der Waals surface area contributed by atoms with Crippen molar-refractivity contribution in [3.05, 3.63) is 45.3 Å². The first kappa shape index (κ1) is 14.0. The third kappa shape index (κ3) is 3.56. The molecule has 4 nitrogen and oxygen atoms in total. The smallest absolute Gasteiger partial charge is 0.273 e. The van der Waals surface area contributed by atoms with Gasteiger partial charge in [-0.1, -0.05) is 13.3 Å². The van der Waals surface area contributed by atoms with Crippen LogP contribution in [-0.4, -0.2) is 15.7 Å². The predicted molar refractivity (Wildman–Crippen MR) is 84.3 cm³/mol. The van der Waals surface area contributed by atoms with Crippen molar-refractivity contribution in [2.45, 2.75) is 19.8 Å². The minimum atomic E-state index is -0.126. The van der Waals surface area contributed by atoms with Crippen LogP contribution in [0.2, 0.25) is 0 Å². The van der Waals surface area contributed by atoms with Crippen LogP contribution < -0.4 is 5.32 Å². The van der Waals surface area contributed by atoms with E-state index < -0.39 is 0 Å². The lowest BCUT2D eigenvalue weighted by Gasteiger charge is -2.05. The summed E-state index contributed by atoms with van der Waals surface area (Å²) in [5.41, 5.74) is 2.34. The Morgan fingerprint density at radius 3 is 2.68 bits per heavy atom. The molecule has 0 atom stereocenters. The van der Waals surface area contributed by atoms with Crippen LogP contribution >= 0.6 is 22.6 Å². The van der Waals surface area contributed by atoms with Gasteiger partial charge in [-0.05, 0) is 59.3 Å². The first-order valence-corrected chi connectivity index (χ1v) is 7.28. The van der Waals surface area contributed by atoms with E-state index in [1.54, 1.807) is 11.7 Å². The van der Waals surface area contributed by atoms with E-state index in [4.69, 9.17) is 0 Å². The summed E-state index contributed by atoms with van der Waals surface area (Å²) in [4.78, 5) is 12.2. The van der Waals surface area contributed by atoms with Crippen molar-refractivity contribution in [2.75, 3.05) is 5.32 Å². The summed E-state index contributed by atoms with van der Waals surface area (Å²) >= 11 is 2.23. The van der Waals surface area contributed by atoms with Crippen LogP contribution in [0.1, 0.15) is 29.5 Å². The minimum absolute atomic E-state index is 0.126. The molecule has 2 rings (SSSR count). The zero-order chi connectivity index (χ0) is 13.8. The number of hydrogen-bond donors (Lipinski definition) is 1. The third-order valence-corrected chi connectivity index (χ3v) is 3.49. The van der Waals surface area contributed by atoms with E-state index in [1.165, 1.54) is 0 Å². The number of nitrogens with one attached hydrogen (secondary N) is 1. The van der Waals surface area contributed by atoms with Gasteiger partial charge in [-0.2, -0.15) is 5.10 Å². The molecular formula is C14H16IN3O. The SMILES string of the molecule is CCCc1cc(C(=O)Nc2ccc(I)cc2)n(C)n1. The molecule has 0 saturated carbocycles. The Labute approximate surface area is 126 Å². The highest BCUT2D eigenvalue weighted by molar-refractivity contribution is 14.1. The maximum absolute atomic E-state index is 12.2. The number of rotatable bonds is 4. The Balaban J connectivity index is 2.13. The van der Waals surface area contributed by atoms with E-state index in [1.807, 2.05) is 30.3 Å². The van der Waals surface area contributed by atoms with E-state index in [-0.39, 0.29) is 5.91 Å². The summed E-state index contributed by atoms with van der Waals surface area (Å²) in [5, 5.41) is 7.21. The van der Waals surface area contributed by atoms with Crippen molar-refractivity contribution in [1.82, 2.24) is 9.78 Å². The van der Waals surface area contributed by atoms with Crippen LogP contribution in [0.4, 0.5) is 5.69 Å². The molecule has 0 aliphatic rings. The molecule has 1 N–H and O–H groups in total. The van der Waals surface area contributed by atoms with Crippen molar-refractivity contribution in [2.24, 2.45) is 7.05 Å². The molecule has 0 aliphatic heterocycles. The fourth-order valence-corrected chi connectivity index (χ4v) is 2.21. The molecule has 0 bridgehead atoms. The topological polar surface area (TPSA) is 46.9 Å². The number of nitrogens with zero attached hydrogens (tertiary/aromatic N) is 2. The number of halogens is 1. The first-order chi connectivity index (χ1) is 9.10. The fourth-order valence-electron chi connectivity index (χ4n) is 1.85. The summed E-state index contributed by atoms with van der Waals surface area (Å²) in [6.07, 6.45) is 1.92. The Morgan fingerprint density at radius 2 is 2.05 bits per heavy atom. The van der Waals surface area contributed by atoms with Crippen LogP contribution in [0.25, 0.3) is 0 Å². The van der Waals surface area contributed by atoms with E-state index in [0.717, 1.165) is 27.8 Å². The van der Waals surface area contributed by atoms with E-state index in [9.17, 15) is 4.79 Å². The number of carbonyl (C=O) groups is 1. The van der Waals surface area contributed by atoms with Crippen LogP contribution in [0, 0.1) is 3.57 Å². The molecule has 0 saturated heterocycles. The Bertz CT molecular complexity index is 575. The van der Waals surface area contributed by atoms with Gasteiger partial charge in [-0.15, -0.1) is 0 Å². The van der Waals surface area contributed by atoms with Crippen LogP contribution in [0.5, 0.6) is 0 Å². The second kappa shape index (κ2) is 6.18. The highest BCUT2D eigenvalue weighted by atomic mass is 127. The summed E-state index contributed by atoms with van der Waals surface area (Å²) in [7, 11) is 1.79. The highest BCUT2D eigenvalue weighted by Gasteiger charge is 2.13. The molecule has 1 heterocycles. The van der Waals surface area contributed by atoms with Crippen molar-refractivity contribution in [3.63, 3.8) is 0 Å². The average Bonchev–Trinajstić information content (AvgIpc) is 2.74. The highest BCUT2D eigenvalue weighted by Crippen LogP contribution is 2.13. The summed E-state index contributed by atoms with van der Waals surface area (Å²) < 4.78 is 2.77. The van der Waals surface area contributed by atoms with Gasteiger partial charge < -0.3 is 5.32 Å². The van der Waals surface area contributed by atoms with E-state index in [0.29, 0.717) is 5.69 Å². The zero-order valence-electron chi connectivity index (χ0n) is 11.0. The number of aryl methyl sites for hydroxylation is 2. The normalized spacial score (nSPS) is 10.5. The Morgan fingerprint density at radius 1 is 1.37 bits per heavy atom. The van der Waals surface area contributed by atoms with Crippen molar-refractivity contribution in [1.29, 1.82) is 0 Å². The first-order valence-electron chi connectivity index (χ1n) is 6.20. The van der Waals surface area contributed by atoms with E-state index >= 15 is 0 Å². The summed E-state index contributed by atoms with van der Waals surface area (Å²) in [6.45, 7) is 2.10. The number of hydrogen-bond acceptors (Lipinski definition) is 2. The molecule has 0 fully saturated rings. The van der Waals surface area contributed by atoms with Gasteiger partial charge >= 0.3 is 0 Å². The summed E-state index contributed by atoms with van der Waals surface area (Å²) in [6, 6.07) is 9.56. The average molecular weight is 369 g/mol. The molecule has 1 aromatic heterocycles. The molecule has 100 valence electrons. The predicted octanol–water partition coefficient (Wildman–Crippen LogP) is 3.23. The third-order valence-electron chi connectivity index (χ3n) is 2.77. The lowest BCUT2D eigenvalue weighted by molar-refractivity contribution is 0.101. The molecule has 0 radical (unpaired) electrons. The van der Waals surface area contributed by atoms with Gasteiger partial charge in [0.1, 0.15) is 5.69 Å². The van der Waals surface area contributed by atoms with Crippen LogP contribution in [0.3, 0.4) is 0 Å². The lowest BCUT2D eigenvalue weighted by Crippen LogP contribution is -2.15. The van der Waals surface area contributed by atoms with Crippen molar-refractivity contribution < 1.29 is 4.79 Å². The number of benzene rings is 1. The van der Waals surface area contributed by atoms with Gasteiger partial charge in [0.15, 0.2) is 0 Å². The molecule has 0 spiro atoms. The fraction of sp³-hybridized carbons (Fsp3) is 0.286. The second-order valence-corrected chi connectivity index (χ2v) is 5.60. The van der Waals surface area contributed by atoms with Gasteiger partial charge in [0, 0.05) is 16.3 Å². The monoisotopic (exact) mass is 369 g/mol. The zero-order valence-corrected chi connectivity index (χ0v) is 13.1. The molecular weight excluding hydrogens is 353 g/mol. The molecule has 19 heavy (non-hydrogen) atoms. The van der Waals surface area contributed by atoms with Crippen LogP contribution in [-0.2, 0) is 13.5 Å². The van der Waals surface area contributed by atoms with Crippen molar-refractivity contribution >= 4 is 34.2 Å². The second-order valence-electron chi connectivity index (χ2n) is 4.36. The molecule has 1 amide bonds. The number of carbonyl (C=O) groups excluding carboxylic acids is 1. The molecule has 5 heteroatoms. The maximum Gasteiger partial charge on any atom is 0.273 e. The van der Waals surface area contributed by atoms with E-state index in [2.05, 4.69) is 39.9 Å². The molecule has 0 aliphatic carbocycles. The number of aromatic nitrogens is 2.